The summed E-state index contributed by atoms with van der Waals surface area (Å²) in [5, 5.41) is 11.4. The van der Waals surface area contributed by atoms with E-state index in [1.165, 1.54) is 0 Å². The molecule has 2 saturated heterocycles. The fourth-order valence-corrected chi connectivity index (χ4v) is 4.41. The van der Waals surface area contributed by atoms with Crippen LogP contribution in [0.1, 0.15) is 52.0 Å². The zero-order valence-corrected chi connectivity index (χ0v) is 15.7. The van der Waals surface area contributed by atoms with Gasteiger partial charge in [-0.3, -0.25) is 0 Å². The highest BCUT2D eigenvalue weighted by Crippen LogP contribution is 2.47. The molecule has 3 aliphatic heterocycles. The van der Waals surface area contributed by atoms with Gasteiger partial charge in [0, 0.05) is 24.9 Å². The van der Waals surface area contributed by atoms with Crippen molar-refractivity contribution in [2.75, 3.05) is 13.2 Å². The third kappa shape index (κ3) is 3.11. The lowest BCUT2D eigenvalue weighted by molar-refractivity contribution is -0.0626. The summed E-state index contributed by atoms with van der Waals surface area (Å²) in [7, 11) is 0. The first-order valence-electron chi connectivity index (χ1n) is 9.39. The SMILES string of the molecule is CC(C)(C)OC(=O)N1C2CCC1CC(O)(c1ccc3c(c1)OCCO3)C2. The Hall–Kier alpha value is -1.95. The third-order valence-corrected chi connectivity index (χ3v) is 5.45. The van der Waals surface area contributed by atoms with E-state index in [-0.39, 0.29) is 18.2 Å². The zero-order chi connectivity index (χ0) is 18.5. The fraction of sp³-hybridized carbons (Fsp3) is 0.650. The molecule has 0 spiro atoms. The predicted molar refractivity (Wildman–Crippen MR) is 95.4 cm³/mol. The van der Waals surface area contributed by atoms with Gasteiger partial charge in [0.05, 0.1) is 5.60 Å². The number of carbonyl (C=O) groups excluding carboxylic acids is 1. The summed E-state index contributed by atoms with van der Waals surface area (Å²) in [6.07, 6.45) is 2.56. The number of ether oxygens (including phenoxy) is 3. The number of aliphatic hydroxyl groups is 1. The van der Waals surface area contributed by atoms with Crippen molar-refractivity contribution in [1.29, 1.82) is 0 Å². The lowest BCUT2D eigenvalue weighted by atomic mass is 9.80. The van der Waals surface area contributed by atoms with E-state index >= 15 is 0 Å². The summed E-state index contributed by atoms with van der Waals surface area (Å²) in [4.78, 5) is 14.4. The molecule has 1 aromatic rings. The summed E-state index contributed by atoms with van der Waals surface area (Å²) in [5.74, 6) is 1.40. The van der Waals surface area contributed by atoms with Crippen LogP contribution in [-0.2, 0) is 10.3 Å². The fourth-order valence-electron chi connectivity index (χ4n) is 4.41. The minimum absolute atomic E-state index is 0.00167. The van der Waals surface area contributed by atoms with Gasteiger partial charge in [-0.2, -0.15) is 0 Å². The van der Waals surface area contributed by atoms with Gasteiger partial charge in [-0.25, -0.2) is 4.79 Å². The molecule has 0 aromatic heterocycles. The Kier molecular flexibility index (Phi) is 4.06. The quantitative estimate of drug-likeness (QED) is 0.832. The number of hydrogen-bond donors (Lipinski definition) is 1. The predicted octanol–water partition coefficient (Wildman–Crippen LogP) is 3.21. The van der Waals surface area contributed by atoms with Crippen LogP contribution in [-0.4, -0.2) is 47.0 Å². The number of rotatable bonds is 1. The van der Waals surface area contributed by atoms with Crippen molar-refractivity contribution in [3.8, 4) is 11.5 Å². The van der Waals surface area contributed by atoms with E-state index in [0.717, 1.165) is 24.2 Å². The first-order valence-corrected chi connectivity index (χ1v) is 9.39. The van der Waals surface area contributed by atoms with E-state index in [1.54, 1.807) is 0 Å². The first-order chi connectivity index (χ1) is 12.3. The van der Waals surface area contributed by atoms with Gasteiger partial charge in [0.1, 0.15) is 18.8 Å². The molecule has 3 heterocycles. The van der Waals surface area contributed by atoms with Gasteiger partial charge < -0.3 is 24.2 Å². The van der Waals surface area contributed by atoms with Crippen LogP contribution in [0.5, 0.6) is 11.5 Å². The number of carbonyl (C=O) groups is 1. The van der Waals surface area contributed by atoms with Gasteiger partial charge in [0.25, 0.3) is 0 Å². The van der Waals surface area contributed by atoms with E-state index in [0.29, 0.717) is 31.8 Å². The number of amides is 1. The highest BCUT2D eigenvalue weighted by molar-refractivity contribution is 5.70. The standard InChI is InChI=1S/C20H27NO5/c1-19(2,3)26-18(22)21-14-5-6-15(21)12-20(23,11-14)13-4-7-16-17(10-13)25-9-8-24-16/h4,7,10,14-15,23H,5-6,8-9,11-12H2,1-3H3. The van der Waals surface area contributed by atoms with Crippen LogP contribution in [0.2, 0.25) is 0 Å². The Morgan fingerprint density at radius 1 is 1.15 bits per heavy atom. The molecule has 6 heteroatoms. The lowest BCUT2D eigenvalue weighted by Gasteiger charge is -2.44. The maximum absolute atomic E-state index is 12.6. The Morgan fingerprint density at radius 2 is 1.77 bits per heavy atom. The minimum Gasteiger partial charge on any atom is -0.486 e. The van der Waals surface area contributed by atoms with Crippen LogP contribution in [0.3, 0.4) is 0 Å². The molecule has 26 heavy (non-hydrogen) atoms. The molecule has 1 amide bonds. The van der Waals surface area contributed by atoms with Gasteiger partial charge in [0.15, 0.2) is 11.5 Å². The van der Waals surface area contributed by atoms with E-state index < -0.39 is 11.2 Å². The van der Waals surface area contributed by atoms with Crippen molar-refractivity contribution in [3.63, 3.8) is 0 Å². The van der Waals surface area contributed by atoms with Crippen LogP contribution in [0.25, 0.3) is 0 Å². The van der Waals surface area contributed by atoms with Crippen molar-refractivity contribution >= 4 is 6.09 Å². The number of piperidine rings is 1. The summed E-state index contributed by atoms with van der Waals surface area (Å²) < 4.78 is 16.8. The Balaban J connectivity index is 1.55. The second-order valence-corrected chi connectivity index (χ2v) is 8.57. The molecule has 1 N–H and O–H groups in total. The largest absolute Gasteiger partial charge is 0.486 e. The summed E-state index contributed by atoms with van der Waals surface area (Å²) in [6, 6.07) is 5.67. The number of nitrogens with zero attached hydrogens (tertiary/aromatic N) is 1. The molecule has 2 fully saturated rings. The van der Waals surface area contributed by atoms with Crippen molar-refractivity contribution in [2.45, 2.75) is 69.7 Å². The van der Waals surface area contributed by atoms with Gasteiger partial charge in [-0.1, -0.05) is 6.07 Å². The van der Waals surface area contributed by atoms with Crippen LogP contribution in [0, 0.1) is 0 Å². The second kappa shape index (κ2) is 6.05. The van der Waals surface area contributed by atoms with Crippen molar-refractivity contribution < 1.29 is 24.1 Å². The van der Waals surface area contributed by atoms with Crippen molar-refractivity contribution in [2.24, 2.45) is 0 Å². The Bertz CT molecular complexity index is 697. The summed E-state index contributed by atoms with van der Waals surface area (Å²) in [6.45, 7) is 6.70. The summed E-state index contributed by atoms with van der Waals surface area (Å²) >= 11 is 0. The monoisotopic (exact) mass is 361 g/mol. The zero-order valence-electron chi connectivity index (χ0n) is 15.7. The van der Waals surface area contributed by atoms with Gasteiger partial charge >= 0.3 is 6.09 Å². The minimum atomic E-state index is -0.958. The number of hydrogen-bond acceptors (Lipinski definition) is 5. The average molecular weight is 361 g/mol. The van der Waals surface area contributed by atoms with Crippen molar-refractivity contribution in [3.05, 3.63) is 23.8 Å². The van der Waals surface area contributed by atoms with Crippen LogP contribution < -0.4 is 9.47 Å². The molecule has 2 atom stereocenters. The topological polar surface area (TPSA) is 68.2 Å². The Morgan fingerprint density at radius 3 is 2.38 bits per heavy atom. The highest BCUT2D eigenvalue weighted by atomic mass is 16.6. The molecule has 2 bridgehead atoms. The molecule has 6 nitrogen and oxygen atoms in total. The van der Waals surface area contributed by atoms with E-state index in [4.69, 9.17) is 14.2 Å². The maximum atomic E-state index is 12.6. The van der Waals surface area contributed by atoms with Gasteiger partial charge in [-0.05, 0) is 51.3 Å². The molecular formula is C20H27NO5. The van der Waals surface area contributed by atoms with Crippen LogP contribution in [0.15, 0.2) is 18.2 Å². The van der Waals surface area contributed by atoms with Gasteiger partial charge in [0.2, 0.25) is 0 Å². The smallest absolute Gasteiger partial charge is 0.410 e. The molecule has 4 rings (SSSR count). The molecule has 2 unspecified atom stereocenters. The normalized spacial score (nSPS) is 30.2. The van der Waals surface area contributed by atoms with E-state index in [1.807, 2.05) is 43.9 Å². The van der Waals surface area contributed by atoms with Crippen molar-refractivity contribution in [1.82, 2.24) is 4.90 Å². The van der Waals surface area contributed by atoms with Crippen LogP contribution >= 0.6 is 0 Å². The van der Waals surface area contributed by atoms with E-state index in [2.05, 4.69) is 0 Å². The van der Waals surface area contributed by atoms with Crippen LogP contribution in [0.4, 0.5) is 4.79 Å². The average Bonchev–Trinajstić information content (AvgIpc) is 2.85. The van der Waals surface area contributed by atoms with E-state index in [9.17, 15) is 9.90 Å². The molecule has 142 valence electrons. The lowest BCUT2D eigenvalue weighted by Crippen LogP contribution is -2.53. The second-order valence-electron chi connectivity index (χ2n) is 8.57. The number of fused-ring (bicyclic) bond motifs is 3. The molecule has 0 aliphatic carbocycles. The highest BCUT2D eigenvalue weighted by Gasteiger charge is 2.51. The molecule has 3 aliphatic rings. The molecular weight excluding hydrogens is 334 g/mol. The molecule has 0 radical (unpaired) electrons. The summed E-state index contributed by atoms with van der Waals surface area (Å²) in [5.41, 5.74) is -0.636. The number of benzene rings is 1. The third-order valence-electron chi connectivity index (χ3n) is 5.45. The maximum Gasteiger partial charge on any atom is 0.410 e. The first kappa shape index (κ1) is 17.5. The molecule has 0 saturated carbocycles. The van der Waals surface area contributed by atoms with Gasteiger partial charge in [-0.15, -0.1) is 0 Å². The Labute approximate surface area is 154 Å². The molecule has 1 aromatic carbocycles.